The molecular weight excluding hydrogens is 309 g/mol. The molecule has 1 saturated heterocycles. The van der Waals surface area contributed by atoms with E-state index >= 15 is 0 Å². The molecule has 2 amide bonds. The van der Waals surface area contributed by atoms with Gasteiger partial charge in [-0.25, -0.2) is 4.39 Å². The highest BCUT2D eigenvalue weighted by atomic mass is 19.1. The minimum Gasteiger partial charge on any atom is -0.341 e. The minimum absolute atomic E-state index is 0.0323. The highest BCUT2D eigenvalue weighted by Crippen LogP contribution is 2.12. The van der Waals surface area contributed by atoms with Gasteiger partial charge in [-0.3, -0.25) is 9.59 Å². The van der Waals surface area contributed by atoms with Gasteiger partial charge in [-0.1, -0.05) is 19.1 Å². The maximum atomic E-state index is 13.2. The standard InChI is InChI=1S/C18H26FN3O2/c1-13(14(2)20)18(24)22-8-4-7-21(9-10-22)17(23)12-15-5-3-6-16(19)11-15/h3,5-6,11,13-14H,4,7-10,12,20H2,1-2H3. The van der Waals surface area contributed by atoms with Gasteiger partial charge in [0.15, 0.2) is 0 Å². The van der Waals surface area contributed by atoms with Gasteiger partial charge < -0.3 is 15.5 Å². The number of hydrogen-bond acceptors (Lipinski definition) is 3. The van der Waals surface area contributed by atoms with Gasteiger partial charge in [0.05, 0.1) is 12.3 Å². The third kappa shape index (κ3) is 4.77. The molecule has 1 aliphatic rings. The van der Waals surface area contributed by atoms with Crippen molar-refractivity contribution >= 4 is 11.8 Å². The summed E-state index contributed by atoms with van der Waals surface area (Å²) >= 11 is 0. The molecule has 132 valence electrons. The molecular formula is C18H26FN3O2. The van der Waals surface area contributed by atoms with E-state index in [0.29, 0.717) is 31.7 Å². The quantitative estimate of drug-likeness (QED) is 0.905. The molecule has 2 rings (SSSR count). The number of halogens is 1. The van der Waals surface area contributed by atoms with Gasteiger partial charge in [0.2, 0.25) is 11.8 Å². The van der Waals surface area contributed by atoms with E-state index in [1.165, 1.54) is 12.1 Å². The third-order valence-corrected chi connectivity index (χ3v) is 4.58. The van der Waals surface area contributed by atoms with Crippen LogP contribution in [0.2, 0.25) is 0 Å². The van der Waals surface area contributed by atoms with Crippen molar-refractivity contribution in [3.63, 3.8) is 0 Å². The lowest BCUT2D eigenvalue weighted by atomic mass is 10.0. The van der Waals surface area contributed by atoms with Crippen LogP contribution in [0.25, 0.3) is 0 Å². The SMILES string of the molecule is CC(N)C(C)C(=O)N1CCCN(C(=O)Cc2cccc(F)c2)CC1. The van der Waals surface area contributed by atoms with Crippen molar-refractivity contribution in [2.24, 2.45) is 11.7 Å². The first kappa shape index (κ1) is 18.4. The number of benzene rings is 1. The molecule has 1 heterocycles. The average Bonchev–Trinajstić information content (AvgIpc) is 2.79. The smallest absolute Gasteiger partial charge is 0.227 e. The van der Waals surface area contributed by atoms with Crippen LogP contribution in [-0.4, -0.2) is 53.8 Å². The van der Waals surface area contributed by atoms with Crippen molar-refractivity contribution in [3.05, 3.63) is 35.6 Å². The molecule has 1 fully saturated rings. The van der Waals surface area contributed by atoms with Crippen LogP contribution < -0.4 is 5.73 Å². The van der Waals surface area contributed by atoms with Crippen LogP contribution in [0.15, 0.2) is 24.3 Å². The molecule has 0 aliphatic carbocycles. The van der Waals surface area contributed by atoms with Crippen LogP contribution in [0, 0.1) is 11.7 Å². The number of hydrogen-bond donors (Lipinski definition) is 1. The van der Waals surface area contributed by atoms with Gasteiger partial charge in [-0.05, 0) is 31.0 Å². The summed E-state index contributed by atoms with van der Waals surface area (Å²) in [6.45, 7) is 5.94. The zero-order valence-corrected chi connectivity index (χ0v) is 14.4. The summed E-state index contributed by atoms with van der Waals surface area (Å²) < 4.78 is 13.2. The molecule has 0 saturated carbocycles. The van der Waals surface area contributed by atoms with Crippen molar-refractivity contribution in [3.8, 4) is 0 Å². The van der Waals surface area contributed by atoms with Crippen LogP contribution >= 0.6 is 0 Å². The summed E-state index contributed by atoms with van der Waals surface area (Å²) in [5.74, 6) is -0.544. The third-order valence-electron chi connectivity index (χ3n) is 4.58. The van der Waals surface area contributed by atoms with E-state index in [-0.39, 0.29) is 36.0 Å². The molecule has 2 unspecified atom stereocenters. The van der Waals surface area contributed by atoms with Crippen LogP contribution in [0.4, 0.5) is 4.39 Å². The van der Waals surface area contributed by atoms with Crippen molar-refractivity contribution < 1.29 is 14.0 Å². The summed E-state index contributed by atoms with van der Waals surface area (Å²) in [5.41, 5.74) is 6.48. The van der Waals surface area contributed by atoms with E-state index in [1.54, 1.807) is 21.9 Å². The lowest BCUT2D eigenvalue weighted by molar-refractivity contribution is -0.136. The number of nitrogens with zero attached hydrogens (tertiary/aromatic N) is 2. The largest absolute Gasteiger partial charge is 0.341 e. The summed E-state index contributed by atoms with van der Waals surface area (Å²) in [7, 11) is 0. The van der Waals surface area contributed by atoms with Gasteiger partial charge in [-0.15, -0.1) is 0 Å². The number of carbonyl (C=O) groups is 2. The van der Waals surface area contributed by atoms with Gasteiger partial charge >= 0.3 is 0 Å². The second kappa shape index (κ2) is 8.24. The fraction of sp³-hybridized carbons (Fsp3) is 0.556. The minimum atomic E-state index is -0.335. The number of nitrogens with two attached hydrogens (primary N) is 1. The molecule has 2 N–H and O–H groups in total. The van der Waals surface area contributed by atoms with Crippen molar-refractivity contribution in [2.45, 2.75) is 32.7 Å². The van der Waals surface area contributed by atoms with Crippen LogP contribution in [-0.2, 0) is 16.0 Å². The topological polar surface area (TPSA) is 66.6 Å². The highest BCUT2D eigenvalue weighted by molar-refractivity contribution is 5.80. The van der Waals surface area contributed by atoms with E-state index in [2.05, 4.69) is 0 Å². The molecule has 0 radical (unpaired) electrons. The molecule has 1 aliphatic heterocycles. The van der Waals surface area contributed by atoms with E-state index in [4.69, 9.17) is 5.73 Å². The normalized spacial score (nSPS) is 18.0. The van der Waals surface area contributed by atoms with Gasteiger partial charge in [0.25, 0.3) is 0 Å². The highest BCUT2D eigenvalue weighted by Gasteiger charge is 2.26. The Balaban J connectivity index is 1.92. The Bertz CT molecular complexity index is 591. The van der Waals surface area contributed by atoms with Crippen LogP contribution in [0.1, 0.15) is 25.8 Å². The zero-order chi connectivity index (χ0) is 17.7. The molecule has 2 atom stereocenters. The summed E-state index contributed by atoms with van der Waals surface area (Å²) in [5, 5.41) is 0. The molecule has 0 aromatic heterocycles. The fourth-order valence-corrected chi connectivity index (χ4v) is 2.83. The van der Waals surface area contributed by atoms with Crippen LogP contribution in [0.5, 0.6) is 0 Å². The predicted octanol–water partition coefficient (Wildman–Crippen LogP) is 1.41. The lowest BCUT2D eigenvalue weighted by Gasteiger charge is -2.26. The maximum absolute atomic E-state index is 13.2. The number of rotatable bonds is 4. The van der Waals surface area contributed by atoms with E-state index in [1.807, 2.05) is 13.8 Å². The molecule has 0 bridgehead atoms. The Morgan fingerprint density at radius 3 is 2.50 bits per heavy atom. The molecule has 24 heavy (non-hydrogen) atoms. The molecule has 6 heteroatoms. The maximum Gasteiger partial charge on any atom is 0.227 e. The Kier molecular flexibility index (Phi) is 6.31. The number of carbonyl (C=O) groups excluding carboxylic acids is 2. The Morgan fingerprint density at radius 2 is 1.83 bits per heavy atom. The van der Waals surface area contributed by atoms with Gasteiger partial charge in [0, 0.05) is 32.2 Å². The molecule has 1 aromatic carbocycles. The number of amides is 2. The molecule has 1 aromatic rings. The molecule has 5 nitrogen and oxygen atoms in total. The zero-order valence-electron chi connectivity index (χ0n) is 14.4. The van der Waals surface area contributed by atoms with Crippen LogP contribution in [0.3, 0.4) is 0 Å². The monoisotopic (exact) mass is 335 g/mol. The summed E-state index contributed by atoms with van der Waals surface area (Å²) in [4.78, 5) is 28.4. The lowest BCUT2D eigenvalue weighted by Crippen LogP contribution is -2.43. The predicted molar refractivity (Wildman–Crippen MR) is 90.7 cm³/mol. The van der Waals surface area contributed by atoms with Gasteiger partial charge in [-0.2, -0.15) is 0 Å². The Morgan fingerprint density at radius 1 is 1.17 bits per heavy atom. The second-order valence-corrected chi connectivity index (χ2v) is 6.51. The van der Waals surface area contributed by atoms with E-state index < -0.39 is 0 Å². The first-order chi connectivity index (χ1) is 11.4. The fourth-order valence-electron chi connectivity index (χ4n) is 2.83. The van der Waals surface area contributed by atoms with E-state index in [0.717, 1.165) is 6.42 Å². The summed E-state index contributed by atoms with van der Waals surface area (Å²) in [6, 6.07) is 5.92. The Labute approximate surface area is 142 Å². The molecule has 0 spiro atoms. The second-order valence-electron chi connectivity index (χ2n) is 6.51. The summed E-state index contributed by atoms with van der Waals surface area (Å²) in [6.07, 6.45) is 0.925. The Hall–Kier alpha value is -1.95. The van der Waals surface area contributed by atoms with E-state index in [9.17, 15) is 14.0 Å². The first-order valence-corrected chi connectivity index (χ1v) is 8.45. The van der Waals surface area contributed by atoms with Crippen molar-refractivity contribution in [1.82, 2.24) is 9.80 Å². The van der Waals surface area contributed by atoms with Crippen molar-refractivity contribution in [2.75, 3.05) is 26.2 Å². The first-order valence-electron chi connectivity index (χ1n) is 8.45. The average molecular weight is 335 g/mol. The van der Waals surface area contributed by atoms with Gasteiger partial charge in [0.1, 0.15) is 5.82 Å². The van der Waals surface area contributed by atoms with Crippen molar-refractivity contribution in [1.29, 1.82) is 0 Å².